The van der Waals surface area contributed by atoms with E-state index in [1.807, 2.05) is 0 Å². The topological polar surface area (TPSA) is 346 Å². The number of hydrogen-bond acceptors (Lipinski definition) is 12. The molecule has 21 nitrogen and oxygen atoms in total. The van der Waals surface area contributed by atoms with Crippen molar-refractivity contribution in [3.05, 3.63) is 68.5 Å². The Morgan fingerprint density at radius 3 is 1.76 bits per heavy atom. The number of carboxylic acid groups (broad SMARTS) is 1. The van der Waals surface area contributed by atoms with Crippen molar-refractivity contribution in [3.8, 4) is 0 Å². The highest BCUT2D eigenvalue weighted by Crippen LogP contribution is 2.16. The van der Waals surface area contributed by atoms with Crippen LogP contribution < -0.4 is 64.9 Å². The van der Waals surface area contributed by atoms with Gasteiger partial charge in [0.2, 0.25) is 35.4 Å². The Kier molecular flexibility index (Phi) is 29.3. The zero-order valence-corrected chi connectivity index (χ0v) is 41.8. The molecule has 0 radical (unpaired) electrons. The van der Waals surface area contributed by atoms with Crippen molar-refractivity contribution in [1.82, 2.24) is 31.9 Å². The number of unbranched alkanes of at least 4 members (excludes halogenated alkanes) is 12. The number of guanidine groups is 1. The van der Waals surface area contributed by atoms with Gasteiger partial charge in [-0.25, -0.2) is 0 Å². The van der Waals surface area contributed by atoms with E-state index in [0.717, 1.165) is 44.9 Å². The molecule has 0 aliphatic heterocycles. The Labute approximate surface area is 416 Å². The van der Waals surface area contributed by atoms with E-state index in [1.165, 1.54) is 44.9 Å². The van der Waals surface area contributed by atoms with Gasteiger partial charge in [0.15, 0.2) is 5.96 Å². The fraction of sp³-hybridized carbons (Fsp3) is 0.600. The lowest BCUT2D eigenvalue weighted by molar-refractivity contribution is -0.140. The van der Waals surface area contributed by atoms with Gasteiger partial charge in [0.25, 0.3) is 10.9 Å². The maximum atomic E-state index is 14.0. The van der Waals surface area contributed by atoms with E-state index in [1.54, 1.807) is 44.2 Å². The van der Waals surface area contributed by atoms with Crippen molar-refractivity contribution in [1.29, 1.82) is 5.41 Å². The van der Waals surface area contributed by atoms with Gasteiger partial charge in [0.05, 0.1) is 19.5 Å². The van der Waals surface area contributed by atoms with Crippen molar-refractivity contribution >= 4 is 58.7 Å². The quantitative estimate of drug-likeness (QED) is 0.0150. The van der Waals surface area contributed by atoms with Crippen LogP contribution in [0.1, 0.15) is 135 Å². The van der Waals surface area contributed by atoms with Gasteiger partial charge in [0, 0.05) is 19.5 Å². The van der Waals surface area contributed by atoms with Crippen LogP contribution in [0.3, 0.4) is 0 Å². The number of primary amides is 1. The van der Waals surface area contributed by atoms with Crippen LogP contribution >= 0.6 is 0 Å². The molecule has 0 aromatic heterocycles. The lowest BCUT2D eigenvalue weighted by atomic mass is 10.00. The molecule has 6 amide bonds. The summed E-state index contributed by atoms with van der Waals surface area (Å²) in [5.41, 5.74) is 9.88. The van der Waals surface area contributed by atoms with Crippen molar-refractivity contribution in [2.75, 3.05) is 36.8 Å². The van der Waals surface area contributed by atoms with Gasteiger partial charge < -0.3 is 59.1 Å². The molecule has 0 heterocycles. The molecule has 2 aromatic carbocycles. The average Bonchev–Trinajstić information content (AvgIpc) is 3.32. The summed E-state index contributed by atoms with van der Waals surface area (Å²) in [6.45, 7) is 4.99. The van der Waals surface area contributed by atoms with Crippen LogP contribution in [0.4, 0.5) is 11.4 Å². The predicted octanol–water partition coefficient (Wildman–Crippen LogP) is 2.32. The van der Waals surface area contributed by atoms with Crippen LogP contribution in [-0.2, 0) is 40.0 Å². The molecule has 1 unspecified atom stereocenters. The summed E-state index contributed by atoms with van der Waals surface area (Å²) in [4.78, 5) is 115. The first-order chi connectivity index (χ1) is 33.9. The van der Waals surface area contributed by atoms with Crippen LogP contribution in [0.5, 0.6) is 0 Å². The maximum Gasteiger partial charge on any atom is 0.305 e. The molecule has 0 aliphatic carbocycles. The summed E-state index contributed by atoms with van der Waals surface area (Å²) in [6.07, 6.45) is 20.4. The Hall–Kier alpha value is -6.80. The maximum absolute atomic E-state index is 14.0. The third kappa shape index (κ3) is 25.1. The molecule has 394 valence electrons. The summed E-state index contributed by atoms with van der Waals surface area (Å²) >= 11 is 0. The Balaban J connectivity index is 2.00. The Morgan fingerprint density at radius 2 is 1.18 bits per heavy atom. The summed E-state index contributed by atoms with van der Waals surface area (Å²) in [5.74, 6) is -7.34. The van der Waals surface area contributed by atoms with Crippen molar-refractivity contribution in [2.45, 2.75) is 161 Å². The van der Waals surface area contributed by atoms with Gasteiger partial charge in [-0.3, -0.25) is 48.6 Å². The average molecular weight is 994 g/mol. The molecular weight excluding hydrogens is 915 g/mol. The number of carbonyl (C=O) groups excluding carboxylic acids is 6. The van der Waals surface area contributed by atoms with Crippen LogP contribution in [0.25, 0.3) is 0 Å². The lowest BCUT2D eigenvalue weighted by Gasteiger charge is -2.27. The predicted molar refractivity (Wildman–Crippen MR) is 274 cm³/mol. The van der Waals surface area contributed by atoms with Gasteiger partial charge >= 0.3 is 5.97 Å². The van der Waals surface area contributed by atoms with E-state index in [2.05, 4.69) is 61.6 Å². The van der Waals surface area contributed by atoms with E-state index in [9.17, 15) is 43.2 Å². The number of nitrogens with one attached hydrogen (secondary N) is 9. The highest BCUT2D eigenvalue weighted by Gasteiger charge is 2.32. The molecule has 0 aliphatic rings. The summed E-state index contributed by atoms with van der Waals surface area (Å²) in [5, 5.41) is 37.2. The lowest BCUT2D eigenvalue weighted by Crippen LogP contribution is -2.59. The van der Waals surface area contributed by atoms with Crippen molar-refractivity contribution < 1.29 is 38.7 Å². The zero-order chi connectivity index (χ0) is 52.6. The molecule has 0 spiro atoms. The molecule has 0 bridgehead atoms. The fourth-order valence-corrected chi connectivity index (χ4v) is 7.57. The first-order valence-electron chi connectivity index (χ1n) is 25.0. The van der Waals surface area contributed by atoms with Gasteiger partial charge in [-0.15, -0.1) is 0 Å². The molecule has 14 N–H and O–H groups in total. The Morgan fingerprint density at radius 1 is 0.620 bits per heavy atom. The molecule has 2 rings (SSSR count). The highest BCUT2D eigenvalue weighted by molar-refractivity contribution is 5.96. The molecule has 2 aromatic rings. The van der Waals surface area contributed by atoms with Crippen molar-refractivity contribution in [2.24, 2.45) is 17.4 Å². The molecule has 21 heteroatoms. The van der Waals surface area contributed by atoms with Gasteiger partial charge in [-0.1, -0.05) is 121 Å². The third-order valence-corrected chi connectivity index (χ3v) is 11.6. The van der Waals surface area contributed by atoms with Gasteiger partial charge in [0.1, 0.15) is 35.5 Å². The Bertz CT molecular complexity index is 2110. The van der Waals surface area contributed by atoms with E-state index < -0.39 is 102 Å². The van der Waals surface area contributed by atoms with Gasteiger partial charge in [-0.2, -0.15) is 0 Å². The number of aliphatic carboxylic acids is 1. The minimum absolute atomic E-state index is 0.00704. The number of allylic oxidation sites excluding steroid dienone is 2. The second-order valence-corrected chi connectivity index (χ2v) is 18.0. The monoisotopic (exact) mass is 994 g/mol. The standard InChI is InChI=1S/C50H79N11O10/c1-4-5-6-7-8-9-10-11-12-13-14-15-16-17-18-22-27-54-42-43(45(67)44(42)66)56-31-38(62)59-37(29-34-24-20-19-21-25-34)48(70)61-41(33(2)3)49(71)60-35(26-23-28-55-50(52)53)47(69)57-32-39(63)58-36(46(51)68)30-40(64)65/h12-13,19-21,24-25,33,35-37,41,54,56H,4-11,14-18,22-23,26-32H2,1-3H3,(H2,51,68)(H,57,69)(H,58,63)(H,59,62)(H,60,71)(H,61,70)(H,64,65)(H4,52,53,55)/b13-12-/t35-,36-,37+,41?/m0/s1. The zero-order valence-electron chi connectivity index (χ0n) is 41.8. The molecule has 0 saturated carbocycles. The number of nitrogens with two attached hydrogens (primary N) is 2. The SMILES string of the molecule is CCCCCCCCC/C=C\CCCCCCCNc1c(NCC(=O)N[C@H](Cc2ccccc2)C(=O)NC(C(=O)N[C@@H](CCCNC(=N)N)C(=O)NCC(=O)N[C@@H](CC(=O)O)C(N)=O)C(C)C)c(=O)c1=O. The largest absolute Gasteiger partial charge is 0.481 e. The summed E-state index contributed by atoms with van der Waals surface area (Å²) in [7, 11) is 0. The molecule has 0 saturated heterocycles. The van der Waals surface area contributed by atoms with Crippen LogP contribution in [-0.4, -0.2) is 103 Å². The van der Waals surface area contributed by atoms with Crippen molar-refractivity contribution in [3.63, 3.8) is 0 Å². The van der Waals surface area contributed by atoms with E-state index in [4.69, 9.17) is 22.0 Å². The number of carbonyl (C=O) groups is 7. The fourth-order valence-electron chi connectivity index (χ4n) is 7.57. The van der Waals surface area contributed by atoms with Crippen LogP contribution in [0.2, 0.25) is 0 Å². The second kappa shape index (κ2) is 34.5. The minimum Gasteiger partial charge on any atom is -0.481 e. The number of benzene rings is 1. The van der Waals surface area contributed by atoms with Crippen LogP contribution in [0.15, 0.2) is 52.1 Å². The normalized spacial score (nSPS) is 12.8. The number of rotatable bonds is 39. The third-order valence-electron chi connectivity index (χ3n) is 11.6. The highest BCUT2D eigenvalue weighted by atomic mass is 16.4. The minimum atomic E-state index is -1.54. The number of anilines is 2. The number of amides is 6. The molecule has 71 heavy (non-hydrogen) atoms. The summed E-state index contributed by atoms with van der Waals surface area (Å²) in [6, 6.07) is 3.48. The van der Waals surface area contributed by atoms with Crippen LogP contribution in [0, 0.1) is 11.3 Å². The second-order valence-electron chi connectivity index (χ2n) is 18.0. The van der Waals surface area contributed by atoms with E-state index in [-0.39, 0.29) is 43.1 Å². The first-order valence-corrected chi connectivity index (χ1v) is 25.0. The molecular formula is C50H79N11O10. The summed E-state index contributed by atoms with van der Waals surface area (Å²) < 4.78 is 0. The van der Waals surface area contributed by atoms with Gasteiger partial charge in [-0.05, 0) is 56.4 Å². The van der Waals surface area contributed by atoms with E-state index >= 15 is 0 Å². The molecule has 4 atom stereocenters. The number of carboxylic acids is 1. The number of hydrogen-bond donors (Lipinski definition) is 12. The van der Waals surface area contributed by atoms with E-state index in [0.29, 0.717) is 12.1 Å². The first kappa shape index (κ1) is 60.3. The molecule has 0 fully saturated rings. The smallest absolute Gasteiger partial charge is 0.305 e.